The molecule has 2 bridgehead atoms. The van der Waals surface area contributed by atoms with Gasteiger partial charge in [0.15, 0.2) is 0 Å². The Morgan fingerprint density at radius 3 is 2.27 bits per heavy atom. The van der Waals surface area contributed by atoms with Crippen LogP contribution in [0.1, 0.15) is 47.0 Å². The number of morpholine rings is 1. The van der Waals surface area contributed by atoms with Gasteiger partial charge in [-0.3, -0.25) is 4.79 Å². The first-order valence-electron chi connectivity index (χ1n) is 8.25. The monoisotopic (exact) mass is 329 g/mol. The fourth-order valence-corrected chi connectivity index (χ4v) is 7.23. The molecule has 2 aliphatic carbocycles. The Balaban J connectivity index is 1.87. The highest BCUT2D eigenvalue weighted by molar-refractivity contribution is 7.89. The summed E-state index contributed by atoms with van der Waals surface area (Å²) in [6, 6.07) is 0. The van der Waals surface area contributed by atoms with Gasteiger partial charge in [0.2, 0.25) is 10.0 Å². The average Bonchev–Trinajstić information content (AvgIpc) is 2.71. The van der Waals surface area contributed by atoms with Crippen LogP contribution in [-0.4, -0.2) is 49.6 Å². The Morgan fingerprint density at radius 1 is 1.23 bits per heavy atom. The van der Waals surface area contributed by atoms with Crippen molar-refractivity contribution >= 4 is 15.8 Å². The van der Waals surface area contributed by atoms with E-state index in [1.165, 1.54) is 4.31 Å². The van der Waals surface area contributed by atoms with Gasteiger partial charge in [0, 0.05) is 24.9 Å². The standard InChI is InChI=1S/C16H27NO4S/c1-11-8-17(9-12(2)21-11)22(19,20)10-16-6-5-13(7-14(16)18)15(16,3)4/h11-13H,5-10H2,1-4H3/t11-,12-,13-,16-/m1/s1. The zero-order valence-electron chi connectivity index (χ0n) is 14.0. The van der Waals surface area contributed by atoms with Gasteiger partial charge in [0.25, 0.3) is 0 Å². The van der Waals surface area contributed by atoms with Crippen molar-refractivity contribution in [3.63, 3.8) is 0 Å². The SMILES string of the molecule is C[C@@H]1CN(S(=O)(=O)C[C@]23CC[C@H](CC2=O)C3(C)C)C[C@@H](C)O1. The molecule has 22 heavy (non-hydrogen) atoms. The molecular weight excluding hydrogens is 302 g/mol. The van der Waals surface area contributed by atoms with Crippen molar-refractivity contribution in [3.8, 4) is 0 Å². The minimum absolute atomic E-state index is 0.0260. The highest BCUT2D eigenvalue weighted by atomic mass is 32.2. The Hall–Kier alpha value is -0.460. The highest BCUT2D eigenvalue weighted by Crippen LogP contribution is 2.64. The van der Waals surface area contributed by atoms with Crippen molar-refractivity contribution in [1.29, 1.82) is 0 Å². The number of rotatable bonds is 3. The fraction of sp³-hybridized carbons (Fsp3) is 0.938. The highest BCUT2D eigenvalue weighted by Gasteiger charge is 2.65. The number of ether oxygens (including phenoxy) is 1. The number of carbonyl (C=O) groups is 1. The van der Waals surface area contributed by atoms with Crippen LogP contribution in [0.15, 0.2) is 0 Å². The first kappa shape index (κ1) is 16.4. The molecule has 5 nitrogen and oxygen atoms in total. The van der Waals surface area contributed by atoms with E-state index in [1.807, 2.05) is 13.8 Å². The van der Waals surface area contributed by atoms with Crippen molar-refractivity contribution < 1.29 is 17.9 Å². The lowest BCUT2D eigenvalue weighted by molar-refractivity contribution is -0.128. The molecule has 0 unspecified atom stereocenters. The van der Waals surface area contributed by atoms with E-state index >= 15 is 0 Å². The molecule has 3 aliphatic rings. The molecule has 3 fully saturated rings. The number of fused-ring (bicyclic) bond motifs is 2. The Kier molecular flexibility index (Phi) is 3.74. The molecule has 126 valence electrons. The summed E-state index contributed by atoms with van der Waals surface area (Å²) in [5.41, 5.74) is -0.887. The number of hydrogen-bond donors (Lipinski definition) is 0. The average molecular weight is 329 g/mol. The molecule has 0 aromatic heterocycles. The molecule has 4 atom stereocenters. The van der Waals surface area contributed by atoms with Gasteiger partial charge in [-0.2, -0.15) is 4.31 Å². The van der Waals surface area contributed by atoms with E-state index in [9.17, 15) is 13.2 Å². The summed E-state index contributed by atoms with van der Waals surface area (Å²) in [4.78, 5) is 12.6. The summed E-state index contributed by atoms with van der Waals surface area (Å²) in [5, 5.41) is 0. The number of hydrogen-bond acceptors (Lipinski definition) is 4. The summed E-state index contributed by atoms with van der Waals surface area (Å²) in [6.45, 7) is 8.73. The summed E-state index contributed by atoms with van der Waals surface area (Å²) in [6.07, 6.45) is 2.06. The summed E-state index contributed by atoms with van der Waals surface area (Å²) >= 11 is 0. The van der Waals surface area contributed by atoms with Crippen LogP contribution in [0.5, 0.6) is 0 Å². The Morgan fingerprint density at radius 2 is 1.82 bits per heavy atom. The molecule has 0 spiro atoms. The minimum atomic E-state index is -3.45. The maximum Gasteiger partial charge on any atom is 0.215 e. The van der Waals surface area contributed by atoms with Gasteiger partial charge in [-0.25, -0.2) is 8.42 Å². The van der Waals surface area contributed by atoms with E-state index in [-0.39, 0.29) is 29.2 Å². The van der Waals surface area contributed by atoms with Crippen LogP contribution in [0, 0.1) is 16.7 Å². The van der Waals surface area contributed by atoms with E-state index in [2.05, 4.69) is 13.8 Å². The fourth-order valence-electron chi connectivity index (χ4n) is 4.87. The van der Waals surface area contributed by atoms with Gasteiger partial charge >= 0.3 is 0 Å². The van der Waals surface area contributed by atoms with E-state index in [0.29, 0.717) is 25.4 Å². The van der Waals surface area contributed by atoms with Crippen LogP contribution in [0.2, 0.25) is 0 Å². The van der Waals surface area contributed by atoms with Crippen molar-refractivity contribution in [2.45, 2.75) is 59.2 Å². The third-order valence-electron chi connectivity index (χ3n) is 6.35. The van der Waals surface area contributed by atoms with Gasteiger partial charge in [-0.1, -0.05) is 13.8 Å². The predicted molar refractivity (Wildman–Crippen MR) is 83.9 cm³/mol. The van der Waals surface area contributed by atoms with E-state index < -0.39 is 15.4 Å². The Labute approximate surface area is 133 Å². The summed E-state index contributed by atoms with van der Waals surface area (Å²) < 4.78 is 33.1. The van der Waals surface area contributed by atoms with Crippen molar-refractivity contribution in [2.75, 3.05) is 18.8 Å². The zero-order valence-corrected chi connectivity index (χ0v) is 14.8. The molecule has 1 saturated heterocycles. The number of Topliss-reactive ketones (excluding diaryl/α,β-unsaturated/α-hetero) is 1. The quantitative estimate of drug-likeness (QED) is 0.792. The molecule has 2 saturated carbocycles. The third kappa shape index (κ3) is 2.26. The van der Waals surface area contributed by atoms with Crippen LogP contribution >= 0.6 is 0 Å². The second kappa shape index (κ2) is 5.02. The lowest BCUT2D eigenvalue weighted by Crippen LogP contribution is -2.52. The molecule has 0 aromatic carbocycles. The van der Waals surface area contributed by atoms with Gasteiger partial charge in [0.1, 0.15) is 5.78 Å². The second-order valence-corrected chi connectivity index (χ2v) is 9.97. The number of carbonyl (C=O) groups excluding carboxylic acids is 1. The number of nitrogens with zero attached hydrogens (tertiary/aromatic N) is 1. The first-order valence-corrected chi connectivity index (χ1v) is 9.86. The van der Waals surface area contributed by atoms with Gasteiger partial charge < -0.3 is 4.74 Å². The topological polar surface area (TPSA) is 63.7 Å². The van der Waals surface area contributed by atoms with E-state index in [1.54, 1.807) is 0 Å². The summed E-state index contributed by atoms with van der Waals surface area (Å²) in [5.74, 6) is 0.478. The molecule has 1 heterocycles. The van der Waals surface area contributed by atoms with Crippen LogP contribution in [0.4, 0.5) is 0 Å². The normalized spacial score (nSPS) is 42.0. The minimum Gasteiger partial charge on any atom is -0.373 e. The third-order valence-corrected chi connectivity index (χ3v) is 8.29. The van der Waals surface area contributed by atoms with E-state index in [0.717, 1.165) is 12.8 Å². The largest absolute Gasteiger partial charge is 0.373 e. The lowest BCUT2D eigenvalue weighted by Gasteiger charge is -2.40. The number of sulfonamides is 1. The van der Waals surface area contributed by atoms with Gasteiger partial charge in [0.05, 0.1) is 18.0 Å². The van der Waals surface area contributed by atoms with E-state index in [4.69, 9.17) is 4.74 Å². The van der Waals surface area contributed by atoms with Crippen molar-refractivity contribution in [1.82, 2.24) is 4.31 Å². The molecule has 1 aliphatic heterocycles. The van der Waals surface area contributed by atoms with Gasteiger partial charge in [-0.15, -0.1) is 0 Å². The first-order chi connectivity index (χ1) is 10.1. The Bertz CT molecular complexity index is 575. The summed E-state index contributed by atoms with van der Waals surface area (Å²) in [7, 11) is -3.45. The molecule has 6 heteroatoms. The van der Waals surface area contributed by atoms with Crippen LogP contribution in [-0.2, 0) is 19.6 Å². The molecule has 0 amide bonds. The molecule has 3 rings (SSSR count). The van der Waals surface area contributed by atoms with Crippen LogP contribution in [0.25, 0.3) is 0 Å². The predicted octanol–water partition coefficient (Wildman–Crippen LogP) is 1.82. The van der Waals surface area contributed by atoms with Crippen LogP contribution in [0.3, 0.4) is 0 Å². The number of ketones is 1. The van der Waals surface area contributed by atoms with Crippen LogP contribution < -0.4 is 0 Å². The maximum absolute atomic E-state index is 13.0. The molecular formula is C16H27NO4S. The van der Waals surface area contributed by atoms with Gasteiger partial charge in [-0.05, 0) is 38.0 Å². The molecule has 0 N–H and O–H groups in total. The smallest absolute Gasteiger partial charge is 0.215 e. The zero-order chi connectivity index (χ0) is 16.3. The van der Waals surface area contributed by atoms with Crippen molar-refractivity contribution in [2.24, 2.45) is 16.7 Å². The lowest BCUT2D eigenvalue weighted by atomic mass is 9.70. The van der Waals surface area contributed by atoms with Crippen molar-refractivity contribution in [3.05, 3.63) is 0 Å². The maximum atomic E-state index is 13.0. The second-order valence-electron chi connectivity index (χ2n) is 8.00. The molecule has 0 radical (unpaired) electrons. The molecule has 0 aromatic rings.